The van der Waals surface area contributed by atoms with Gasteiger partial charge in [-0.1, -0.05) is 0 Å². The fraction of sp³-hybridized carbons (Fsp3) is 0.385. The van der Waals surface area contributed by atoms with Gasteiger partial charge in [0.15, 0.2) is 0 Å². The normalized spacial score (nSPS) is 16.2. The molecule has 1 heterocycles. The molecule has 0 atom stereocenters. The third-order valence-corrected chi connectivity index (χ3v) is 3.24. The minimum Gasteiger partial charge on any atom is -0.493 e. The van der Waals surface area contributed by atoms with E-state index in [9.17, 15) is 10.2 Å². The zero-order chi connectivity index (χ0) is 12.5. The van der Waals surface area contributed by atoms with E-state index in [1.54, 1.807) is 18.2 Å². The van der Waals surface area contributed by atoms with Crippen LogP contribution in [-0.2, 0) is 0 Å². The lowest BCUT2D eigenvalue weighted by molar-refractivity contribution is 0.210. The Balaban J connectivity index is 1.94. The molecule has 2 aromatic rings. The molecule has 5 heteroatoms. The van der Waals surface area contributed by atoms with Gasteiger partial charge in [0.1, 0.15) is 5.75 Å². The van der Waals surface area contributed by atoms with E-state index in [-0.39, 0.29) is 12.0 Å². The van der Waals surface area contributed by atoms with Crippen LogP contribution in [0, 0.1) is 0 Å². The van der Waals surface area contributed by atoms with Gasteiger partial charge < -0.3 is 14.9 Å². The molecule has 0 radical (unpaired) electrons. The van der Waals surface area contributed by atoms with Gasteiger partial charge in [-0.3, -0.25) is 0 Å². The van der Waals surface area contributed by atoms with E-state index in [1.165, 1.54) is 12.8 Å². The lowest BCUT2D eigenvalue weighted by Gasteiger charge is -2.13. The zero-order valence-electron chi connectivity index (χ0n) is 9.83. The van der Waals surface area contributed by atoms with Crippen molar-refractivity contribution in [1.82, 2.24) is 9.97 Å². The van der Waals surface area contributed by atoms with Crippen molar-refractivity contribution < 1.29 is 14.9 Å². The third kappa shape index (κ3) is 2.03. The lowest BCUT2D eigenvalue weighted by atomic mass is 10.2. The second kappa shape index (κ2) is 4.33. The molecule has 1 aliphatic carbocycles. The summed E-state index contributed by atoms with van der Waals surface area (Å²) in [6.07, 6.45) is 4.84. The molecule has 0 amide bonds. The summed E-state index contributed by atoms with van der Waals surface area (Å²) in [5, 5.41) is 19.4. The molecule has 1 fully saturated rings. The van der Waals surface area contributed by atoms with Crippen LogP contribution < -0.4 is 4.74 Å². The van der Waals surface area contributed by atoms with Crippen LogP contribution >= 0.6 is 0 Å². The highest BCUT2D eigenvalue weighted by Gasteiger charge is 2.17. The van der Waals surface area contributed by atoms with Gasteiger partial charge in [0.2, 0.25) is 5.88 Å². The molecule has 94 valence electrons. The molecule has 1 aromatic heterocycles. The molecule has 0 spiro atoms. The highest BCUT2D eigenvalue weighted by molar-refractivity contribution is 5.84. The van der Waals surface area contributed by atoms with Crippen molar-refractivity contribution >= 4 is 10.9 Å². The average Bonchev–Trinajstić information content (AvgIpc) is 2.83. The van der Waals surface area contributed by atoms with Crippen LogP contribution in [0.1, 0.15) is 25.7 Å². The molecule has 1 aromatic carbocycles. The quantitative estimate of drug-likeness (QED) is 0.850. The summed E-state index contributed by atoms with van der Waals surface area (Å²) in [6, 6.07) is 4.79. The highest BCUT2D eigenvalue weighted by atomic mass is 16.5. The van der Waals surface area contributed by atoms with E-state index in [4.69, 9.17) is 4.74 Å². The van der Waals surface area contributed by atoms with Crippen molar-refractivity contribution in [2.75, 3.05) is 0 Å². The monoisotopic (exact) mass is 246 g/mol. The maximum atomic E-state index is 9.67. The van der Waals surface area contributed by atoms with Crippen LogP contribution in [0.3, 0.4) is 0 Å². The van der Waals surface area contributed by atoms with E-state index < -0.39 is 6.01 Å². The van der Waals surface area contributed by atoms with Gasteiger partial charge in [0.05, 0.1) is 17.0 Å². The molecule has 0 bridgehead atoms. The van der Waals surface area contributed by atoms with Gasteiger partial charge in [-0.05, 0) is 43.9 Å². The van der Waals surface area contributed by atoms with Gasteiger partial charge in [0.25, 0.3) is 0 Å². The number of aromatic nitrogens is 2. The largest absolute Gasteiger partial charge is 0.493 e. The summed E-state index contributed by atoms with van der Waals surface area (Å²) in [5.74, 6) is 0.480. The third-order valence-electron chi connectivity index (χ3n) is 3.24. The van der Waals surface area contributed by atoms with Gasteiger partial charge in [0, 0.05) is 0 Å². The Morgan fingerprint density at radius 3 is 2.67 bits per heavy atom. The van der Waals surface area contributed by atoms with Crippen LogP contribution in [0.15, 0.2) is 18.2 Å². The minimum absolute atomic E-state index is 0.227. The number of ether oxygens (including phenoxy) is 1. The first-order valence-corrected chi connectivity index (χ1v) is 6.09. The molecule has 3 rings (SSSR count). The first-order valence-electron chi connectivity index (χ1n) is 6.09. The molecule has 1 saturated carbocycles. The second-order valence-corrected chi connectivity index (χ2v) is 4.55. The number of nitrogens with zero attached hydrogens (tertiary/aromatic N) is 2. The average molecular weight is 246 g/mol. The van der Waals surface area contributed by atoms with Gasteiger partial charge in [-0.15, -0.1) is 0 Å². The number of fused-ring (bicyclic) bond motifs is 1. The fourth-order valence-corrected chi connectivity index (χ4v) is 2.35. The number of rotatable bonds is 2. The van der Waals surface area contributed by atoms with Crippen LogP contribution in [-0.4, -0.2) is 26.3 Å². The molecule has 2 N–H and O–H groups in total. The number of hydrogen-bond donors (Lipinski definition) is 2. The van der Waals surface area contributed by atoms with Crippen LogP contribution in [0.25, 0.3) is 10.9 Å². The molecule has 18 heavy (non-hydrogen) atoms. The topological polar surface area (TPSA) is 75.5 Å². The van der Waals surface area contributed by atoms with Crippen molar-refractivity contribution in [2.24, 2.45) is 0 Å². The van der Waals surface area contributed by atoms with Gasteiger partial charge in [-0.25, -0.2) is 0 Å². The fourth-order valence-electron chi connectivity index (χ4n) is 2.35. The van der Waals surface area contributed by atoms with Crippen LogP contribution in [0.2, 0.25) is 0 Å². The Bertz CT molecular complexity index is 580. The van der Waals surface area contributed by atoms with Crippen molar-refractivity contribution in [2.45, 2.75) is 31.8 Å². The van der Waals surface area contributed by atoms with E-state index >= 15 is 0 Å². The second-order valence-electron chi connectivity index (χ2n) is 4.55. The Morgan fingerprint density at radius 1 is 1.11 bits per heavy atom. The first kappa shape index (κ1) is 11.1. The summed E-state index contributed by atoms with van der Waals surface area (Å²) >= 11 is 0. The van der Waals surface area contributed by atoms with Gasteiger partial charge >= 0.3 is 6.01 Å². The molecular weight excluding hydrogens is 232 g/mol. The van der Waals surface area contributed by atoms with Crippen LogP contribution in [0.4, 0.5) is 0 Å². The Kier molecular flexibility index (Phi) is 2.66. The summed E-state index contributed by atoms with van der Waals surface area (Å²) < 4.78 is 5.84. The summed E-state index contributed by atoms with van der Waals surface area (Å²) in [7, 11) is 0. The Labute approximate surface area is 104 Å². The number of hydrogen-bond acceptors (Lipinski definition) is 5. The van der Waals surface area contributed by atoms with Crippen LogP contribution in [0.5, 0.6) is 17.6 Å². The SMILES string of the molecule is Oc1nc(O)c2cc(OC3CCCC3)ccc2n1. The van der Waals surface area contributed by atoms with Crippen molar-refractivity contribution in [3.05, 3.63) is 18.2 Å². The molecule has 1 aliphatic rings. The Morgan fingerprint density at radius 2 is 1.89 bits per heavy atom. The maximum absolute atomic E-state index is 9.67. The maximum Gasteiger partial charge on any atom is 0.317 e. The van der Waals surface area contributed by atoms with E-state index in [0.717, 1.165) is 12.8 Å². The highest BCUT2D eigenvalue weighted by Crippen LogP contribution is 2.29. The minimum atomic E-state index is -0.426. The Hall–Kier alpha value is -2.04. The molecule has 0 aliphatic heterocycles. The van der Waals surface area contributed by atoms with Gasteiger partial charge in [-0.2, -0.15) is 9.97 Å². The summed E-state index contributed by atoms with van der Waals surface area (Å²) in [5.41, 5.74) is 0.499. The smallest absolute Gasteiger partial charge is 0.317 e. The summed E-state index contributed by atoms with van der Waals surface area (Å²) in [4.78, 5) is 7.36. The molecule has 5 nitrogen and oxygen atoms in total. The predicted molar refractivity (Wildman–Crippen MR) is 65.8 cm³/mol. The molecular formula is C13H14N2O3. The zero-order valence-corrected chi connectivity index (χ0v) is 9.83. The first-order chi connectivity index (χ1) is 8.72. The standard InChI is InChI=1S/C13H14N2O3/c16-12-10-7-9(18-8-3-1-2-4-8)5-6-11(10)14-13(17)15-12/h5-8H,1-4H2,(H2,14,15,16,17). The molecule has 0 unspecified atom stereocenters. The summed E-state index contributed by atoms with van der Waals surface area (Å²) in [6.45, 7) is 0. The number of aromatic hydroxyl groups is 2. The molecule has 0 saturated heterocycles. The van der Waals surface area contributed by atoms with E-state index in [1.807, 2.05) is 0 Å². The van der Waals surface area contributed by atoms with E-state index in [2.05, 4.69) is 9.97 Å². The lowest BCUT2D eigenvalue weighted by Crippen LogP contribution is -2.10. The van der Waals surface area contributed by atoms with Crippen molar-refractivity contribution in [1.29, 1.82) is 0 Å². The van der Waals surface area contributed by atoms with Crippen molar-refractivity contribution in [3.8, 4) is 17.6 Å². The predicted octanol–water partition coefficient (Wildman–Crippen LogP) is 2.36. The van der Waals surface area contributed by atoms with Crippen molar-refractivity contribution in [3.63, 3.8) is 0 Å². The van der Waals surface area contributed by atoms with E-state index in [0.29, 0.717) is 16.7 Å². The number of benzene rings is 1.